The van der Waals surface area contributed by atoms with Crippen LogP contribution in [0.15, 0.2) is 22.7 Å². The van der Waals surface area contributed by atoms with Gasteiger partial charge < -0.3 is 14.3 Å². The lowest BCUT2D eigenvalue weighted by Gasteiger charge is -2.32. The van der Waals surface area contributed by atoms with Crippen LogP contribution in [0.5, 0.6) is 0 Å². The van der Waals surface area contributed by atoms with Crippen LogP contribution in [0.2, 0.25) is 5.02 Å². The molecule has 1 aromatic carbocycles. The Labute approximate surface area is 153 Å². The molecule has 0 aliphatic carbocycles. The Morgan fingerprint density at radius 2 is 2.12 bits per heavy atom. The summed E-state index contributed by atoms with van der Waals surface area (Å²) in [5.74, 6) is 0.670. The molecule has 136 valence electrons. The molecule has 0 atom stereocenters. The SMILES string of the molecule is CCC(=O)N(CC)CCN1CCC(c2noc3cc(Cl)ccc23)CC1. The number of carbonyl (C=O) groups excluding carboxylic acids is 1. The van der Waals surface area contributed by atoms with E-state index < -0.39 is 0 Å². The molecule has 1 saturated heterocycles. The van der Waals surface area contributed by atoms with Crippen LogP contribution in [0.1, 0.15) is 44.7 Å². The third-order valence-electron chi connectivity index (χ3n) is 5.16. The van der Waals surface area contributed by atoms with Crippen LogP contribution in [-0.4, -0.2) is 53.6 Å². The Balaban J connectivity index is 1.55. The summed E-state index contributed by atoms with van der Waals surface area (Å²) >= 11 is 6.02. The second-order valence-corrected chi connectivity index (χ2v) is 7.09. The first-order valence-electron chi connectivity index (χ1n) is 9.17. The molecular formula is C19H26ClN3O2. The van der Waals surface area contributed by atoms with Crippen LogP contribution in [0, 0.1) is 0 Å². The lowest BCUT2D eigenvalue weighted by Crippen LogP contribution is -2.41. The van der Waals surface area contributed by atoms with E-state index in [1.165, 1.54) is 0 Å². The fraction of sp³-hybridized carbons (Fsp3) is 0.579. The van der Waals surface area contributed by atoms with Crippen molar-refractivity contribution in [2.24, 2.45) is 0 Å². The molecule has 0 radical (unpaired) electrons. The molecule has 1 aliphatic heterocycles. The third kappa shape index (κ3) is 4.15. The highest BCUT2D eigenvalue weighted by atomic mass is 35.5. The van der Waals surface area contributed by atoms with Crippen molar-refractivity contribution in [2.45, 2.75) is 39.0 Å². The van der Waals surface area contributed by atoms with E-state index in [1.54, 1.807) is 0 Å². The van der Waals surface area contributed by atoms with Crippen LogP contribution < -0.4 is 0 Å². The zero-order valence-electron chi connectivity index (χ0n) is 15.0. The average molecular weight is 364 g/mol. The van der Waals surface area contributed by atoms with Gasteiger partial charge in [-0.2, -0.15) is 0 Å². The zero-order chi connectivity index (χ0) is 17.8. The van der Waals surface area contributed by atoms with E-state index in [0.717, 1.165) is 62.2 Å². The van der Waals surface area contributed by atoms with E-state index in [9.17, 15) is 4.79 Å². The first-order chi connectivity index (χ1) is 12.1. The summed E-state index contributed by atoms with van der Waals surface area (Å²) < 4.78 is 5.45. The van der Waals surface area contributed by atoms with Crippen LogP contribution in [0.4, 0.5) is 0 Å². The highest BCUT2D eigenvalue weighted by Gasteiger charge is 2.25. The second kappa shape index (κ2) is 8.19. The summed E-state index contributed by atoms with van der Waals surface area (Å²) in [4.78, 5) is 16.2. The lowest BCUT2D eigenvalue weighted by molar-refractivity contribution is -0.130. The number of likely N-dealkylation sites (N-methyl/N-ethyl adjacent to an activating group) is 1. The number of nitrogens with zero attached hydrogens (tertiary/aromatic N) is 3. The van der Waals surface area contributed by atoms with Gasteiger partial charge >= 0.3 is 0 Å². The van der Waals surface area contributed by atoms with Gasteiger partial charge in [0.05, 0.1) is 5.69 Å². The molecule has 6 heteroatoms. The van der Waals surface area contributed by atoms with E-state index in [4.69, 9.17) is 16.1 Å². The summed E-state index contributed by atoms with van der Waals surface area (Å²) in [5, 5.41) is 6.05. The number of likely N-dealkylation sites (tertiary alicyclic amines) is 1. The minimum Gasteiger partial charge on any atom is -0.356 e. The number of hydrogen-bond donors (Lipinski definition) is 0. The molecule has 2 heterocycles. The monoisotopic (exact) mass is 363 g/mol. The fourth-order valence-electron chi connectivity index (χ4n) is 3.60. The minimum absolute atomic E-state index is 0.241. The quantitative estimate of drug-likeness (QED) is 0.780. The summed E-state index contributed by atoms with van der Waals surface area (Å²) in [7, 11) is 0. The van der Waals surface area contributed by atoms with Gasteiger partial charge in [-0.25, -0.2) is 0 Å². The van der Waals surface area contributed by atoms with E-state index in [0.29, 0.717) is 17.4 Å². The Morgan fingerprint density at radius 1 is 1.36 bits per heavy atom. The van der Waals surface area contributed by atoms with E-state index in [2.05, 4.69) is 10.1 Å². The van der Waals surface area contributed by atoms with Gasteiger partial charge in [0.2, 0.25) is 5.91 Å². The van der Waals surface area contributed by atoms with Gasteiger partial charge in [-0.1, -0.05) is 23.7 Å². The van der Waals surface area contributed by atoms with Gasteiger partial charge in [0.15, 0.2) is 5.58 Å². The van der Waals surface area contributed by atoms with Crippen molar-refractivity contribution in [1.29, 1.82) is 0 Å². The lowest BCUT2D eigenvalue weighted by atomic mass is 9.91. The Bertz CT molecular complexity index is 723. The van der Waals surface area contributed by atoms with Crippen molar-refractivity contribution < 1.29 is 9.32 Å². The summed E-state index contributed by atoms with van der Waals surface area (Å²) in [6, 6.07) is 5.72. The number of aromatic nitrogens is 1. The normalized spacial score (nSPS) is 16.4. The largest absolute Gasteiger partial charge is 0.356 e. The van der Waals surface area contributed by atoms with Crippen LogP contribution in [0.25, 0.3) is 11.0 Å². The molecule has 1 aromatic heterocycles. The molecule has 2 aromatic rings. The average Bonchev–Trinajstić information content (AvgIpc) is 3.05. The van der Waals surface area contributed by atoms with Crippen molar-refractivity contribution in [1.82, 2.24) is 15.0 Å². The van der Waals surface area contributed by atoms with Crippen LogP contribution in [-0.2, 0) is 4.79 Å². The van der Waals surface area contributed by atoms with Gasteiger partial charge in [-0.05, 0) is 45.0 Å². The number of rotatable bonds is 6. The molecule has 0 saturated carbocycles. The molecule has 1 aliphatic rings. The fourth-order valence-corrected chi connectivity index (χ4v) is 3.76. The molecule has 3 rings (SSSR count). The maximum absolute atomic E-state index is 11.9. The van der Waals surface area contributed by atoms with Crippen molar-refractivity contribution >= 4 is 28.5 Å². The Morgan fingerprint density at radius 3 is 2.80 bits per heavy atom. The third-order valence-corrected chi connectivity index (χ3v) is 5.39. The van der Waals surface area contributed by atoms with Gasteiger partial charge in [0, 0.05) is 48.4 Å². The summed E-state index contributed by atoms with van der Waals surface area (Å²) in [6.07, 6.45) is 2.72. The maximum Gasteiger partial charge on any atom is 0.222 e. The van der Waals surface area contributed by atoms with Crippen LogP contribution in [0.3, 0.4) is 0 Å². The van der Waals surface area contributed by atoms with Crippen molar-refractivity contribution in [2.75, 3.05) is 32.7 Å². The number of amides is 1. The van der Waals surface area contributed by atoms with E-state index >= 15 is 0 Å². The maximum atomic E-state index is 11.9. The summed E-state index contributed by atoms with van der Waals surface area (Å²) in [6.45, 7) is 8.58. The molecule has 0 unspecified atom stereocenters. The van der Waals surface area contributed by atoms with Gasteiger partial charge in [0.1, 0.15) is 0 Å². The number of benzene rings is 1. The molecule has 0 spiro atoms. The standard InChI is InChI=1S/C19H26ClN3O2/c1-3-18(24)23(4-2)12-11-22-9-7-14(8-10-22)19-16-6-5-15(20)13-17(16)25-21-19/h5-6,13-14H,3-4,7-12H2,1-2H3. The van der Waals surface area contributed by atoms with Gasteiger partial charge in [0.25, 0.3) is 0 Å². The topological polar surface area (TPSA) is 49.6 Å². The molecular weight excluding hydrogens is 338 g/mol. The van der Waals surface area contributed by atoms with Crippen molar-refractivity contribution in [3.63, 3.8) is 0 Å². The van der Waals surface area contributed by atoms with Gasteiger partial charge in [-0.15, -0.1) is 0 Å². The number of carbonyl (C=O) groups is 1. The first kappa shape index (κ1) is 18.2. The van der Waals surface area contributed by atoms with E-state index in [-0.39, 0.29) is 5.91 Å². The highest BCUT2D eigenvalue weighted by molar-refractivity contribution is 6.31. The molecule has 25 heavy (non-hydrogen) atoms. The van der Waals surface area contributed by atoms with Gasteiger partial charge in [-0.3, -0.25) is 4.79 Å². The highest BCUT2D eigenvalue weighted by Crippen LogP contribution is 2.33. The minimum atomic E-state index is 0.241. The predicted molar refractivity (Wildman–Crippen MR) is 100.0 cm³/mol. The summed E-state index contributed by atoms with van der Waals surface area (Å²) in [5.41, 5.74) is 1.82. The molecule has 1 fully saturated rings. The first-order valence-corrected chi connectivity index (χ1v) is 9.55. The molecule has 5 nitrogen and oxygen atoms in total. The molecule has 0 N–H and O–H groups in total. The number of halogens is 1. The van der Waals surface area contributed by atoms with Crippen molar-refractivity contribution in [3.8, 4) is 0 Å². The molecule has 1 amide bonds. The molecule has 0 bridgehead atoms. The Hall–Kier alpha value is -1.59. The number of fused-ring (bicyclic) bond motifs is 1. The van der Waals surface area contributed by atoms with E-state index in [1.807, 2.05) is 36.9 Å². The number of piperidine rings is 1. The van der Waals surface area contributed by atoms with Crippen molar-refractivity contribution in [3.05, 3.63) is 28.9 Å². The Kier molecular flexibility index (Phi) is 5.97. The predicted octanol–water partition coefficient (Wildman–Crippen LogP) is 3.92. The smallest absolute Gasteiger partial charge is 0.222 e. The number of hydrogen-bond acceptors (Lipinski definition) is 4. The zero-order valence-corrected chi connectivity index (χ0v) is 15.8. The van der Waals surface area contributed by atoms with Crippen LogP contribution >= 0.6 is 11.6 Å². The second-order valence-electron chi connectivity index (χ2n) is 6.65.